The van der Waals surface area contributed by atoms with Crippen LogP contribution in [-0.2, 0) is 0 Å². The Balaban J connectivity index is 2.29. The Labute approximate surface area is 105 Å². The van der Waals surface area contributed by atoms with Crippen molar-refractivity contribution in [2.45, 2.75) is 18.9 Å². The number of thioether (sulfide) groups is 1. The summed E-state index contributed by atoms with van der Waals surface area (Å²) in [5, 5.41) is 11.0. The lowest BCUT2D eigenvalue weighted by Crippen LogP contribution is -2.31. The first-order chi connectivity index (χ1) is 8.24. The van der Waals surface area contributed by atoms with Crippen LogP contribution in [-0.4, -0.2) is 29.5 Å². The zero-order chi connectivity index (χ0) is 12.3. The topological polar surface area (TPSA) is 46.4 Å². The molecule has 0 spiro atoms. The maximum Gasteiger partial charge on any atom is 0.292 e. The third kappa shape index (κ3) is 2.54. The Morgan fingerprint density at radius 2 is 2.29 bits per heavy atom. The van der Waals surface area contributed by atoms with Crippen molar-refractivity contribution in [3.63, 3.8) is 0 Å². The monoisotopic (exact) mass is 252 g/mol. The molecule has 0 aliphatic carbocycles. The summed E-state index contributed by atoms with van der Waals surface area (Å²) in [7, 11) is 0. The fourth-order valence-electron chi connectivity index (χ4n) is 2.38. The molecule has 4 nitrogen and oxygen atoms in total. The molecule has 1 unspecified atom stereocenters. The van der Waals surface area contributed by atoms with Crippen LogP contribution in [0.4, 0.5) is 11.4 Å². The summed E-state index contributed by atoms with van der Waals surface area (Å²) in [4.78, 5) is 12.9. The third-order valence-corrected chi connectivity index (χ3v) is 3.84. The lowest BCUT2D eigenvalue weighted by atomic mass is 10.2. The number of hydrogen-bond acceptors (Lipinski definition) is 4. The minimum atomic E-state index is -0.288. The van der Waals surface area contributed by atoms with Gasteiger partial charge in [-0.05, 0) is 25.2 Å². The highest BCUT2D eigenvalue weighted by Gasteiger charge is 2.28. The van der Waals surface area contributed by atoms with E-state index >= 15 is 0 Å². The first-order valence-electron chi connectivity index (χ1n) is 5.73. The smallest absolute Gasteiger partial charge is 0.292 e. The van der Waals surface area contributed by atoms with Crippen molar-refractivity contribution < 1.29 is 4.92 Å². The number of hydrogen-bond donors (Lipinski definition) is 0. The van der Waals surface area contributed by atoms with Gasteiger partial charge in [-0.25, -0.2) is 0 Å². The van der Waals surface area contributed by atoms with E-state index in [-0.39, 0.29) is 10.6 Å². The molecule has 0 N–H and O–H groups in total. The van der Waals surface area contributed by atoms with E-state index in [0.29, 0.717) is 6.04 Å². The van der Waals surface area contributed by atoms with Crippen LogP contribution in [0.3, 0.4) is 0 Å². The number of rotatable bonds is 4. The van der Waals surface area contributed by atoms with Crippen molar-refractivity contribution in [1.29, 1.82) is 0 Å². The molecular weight excluding hydrogens is 236 g/mol. The van der Waals surface area contributed by atoms with Crippen LogP contribution in [0.1, 0.15) is 12.8 Å². The van der Waals surface area contributed by atoms with Crippen molar-refractivity contribution in [3.05, 3.63) is 34.4 Å². The molecule has 0 saturated carbocycles. The van der Waals surface area contributed by atoms with Crippen molar-refractivity contribution in [1.82, 2.24) is 0 Å². The van der Waals surface area contributed by atoms with Crippen LogP contribution >= 0.6 is 11.8 Å². The molecule has 1 aliphatic heterocycles. The average Bonchev–Trinajstić information content (AvgIpc) is 2.77. The Kier molecular flexibility index (Phi) is 3.89. The zero-order valence-corrected chi connectivity index (χ0v) is 10.7. The van der Waals surface area contributed by atoms with Crippen molar-refractivity contribution >= 4 is 23.1 Å². The number of nitrogens with zero attached hydrogens (tertiary/aromatic N) is 2. The second kappa shape index (κ2) is 5.40. The molecule has 0 radical (unpaired) electrons. The van der Waals surface area contributed by atoms with Gasteiger partial charge < -0.3 is 4.90 Å². The fourth-order valence-corrected chi connectivity index (χ4v) is 3.11. The second-order valence-corrected chi connectivity index (χ2v) is 5.10. The highest BCUT2D eigenvalue weighted by molar-refractivity contribution is 7.98. The molecule has 1 aromatic rings. The molecule has 1 fully saturated rings. The summed E-state index contributed by atoms with van der Waals surface area (Å²) < 4.78 is 0. The summed E-state index contributed by atoms with van der Waals surface area (Å²) in [5.41, 5.74) is 0.995. The normalized spacial score (nSPS) is 19.6. The lowest BCUT2D eigenvalue weighted by Gasteiger charge is -2.25. The van der Waals surface area contributed by atoms with Gasteiger partial charge in [0.25, 0.3) is 5.69 Å². The van der Waals surface area contributed by atoms with E-state index in [0.717, 1.165) is 30.8 Å². The highest BCUT2D eigenvalue weighted by atomic mass is 32.2. The molecule has 1 aliphatic rings. The second-order valence-electron chi connectivity index (χ2n) is 4.19. The number of nitro benzene ring substituents is 1. The molecule has 1 saturated heterocycles. The summed E-state index contributed by atoms with van der Waals surface area (Å²) in [6.45, 7) is 0.927. The van der Waals surface area contributed by atoms with E-state index in [4.69, 9.17) is 0 Å². The first kappa shape index (κ1) is 12.2. The van der Waals surface area contributed by atoms with Crippen molar-refractivity contribution in [2.24, 2.45) is 0 Å². The van der Waals surface area contributed by atoms with Gasteiger partial charge in [-0.1, -0.05) is 12.1 Å². The van der Waals surface area contributed by atoms with Gasteiger partial charge in [-0.15, -0.1) is 0 Å². The summed E-state index contributed by atoms with van der Waals surface area (Å²) in [5.74, 6) is 1.03. The third-order valence-electron chi connectivity index (χ3n) is 3.12. The van der Waals surface area contributed by atoms with E-state index in [2.05, 4.69) is 11.2 Å². The fraction of sp³-hybridized carbons (Fsp3) is 0.500. The molecule has 92 valence electrons. The van der Waals surface area contributed by atoms with Crippen LogP contribution in [0.15, 0.2) is 24.3 Å². The number of nitro groups is 1. The minimum absolute atomic E-state index is 0.223. The van der Waals surface area contributed by atoms with Gasteiger partial charge in [-0.2, -0.15) is 11.8 Å². The number of anilines is 1. The van der Waals surface area contributed by atoms with Crippen LogP contribution in [0.25, 0.3) is 0 Å². The average molecular weight is 252 g/mol. The van der Waals surface area contributed by atoms with Gasteiger partial charge in [0.1, 0.15) is 5.69 Å². The Morgan fingerprint density at radius 1 is 1.53 bits per heavy atom. The summed E-state index contributed by atoms with van der Waals surface area (Å²) >= 11 is 1.80. The van der Waals surface area contributed by atoms with E-state index in [1.54, 1.807) is 23.9 Å². The van der Waals surface area contributed by atoms with Gasteiger partial charge in [0.2, 0.25) is 0 Å². The van der Waals surface area contributed by atoms with E-state index in [9.17, 15) is 10.1 Å². The molecule has 0 bridgehead atoms. The van der Waals surface area contributed by atoms with Crippen LogP contribution in [0.5, 0.6) is 0 Å². The Morgan fingerprint density at radius 3 is 3.00 bits per heavy atom. The SMILES string of the molecule is CSCC1CCCN1c1ccccc1[N+](=O)[O-]. The molecule has 1 heterocycles. The Bertz CT molecular complexity index is 411. The first-order valence-corrected chi connectivity index (χ1v) is 7.12. The Hall–Kier alpha value is -1.23. The molecule has 0 amide bonds. The van der Waals surface area contributed by atoms with Crippen molar-refractivity contribution in [3.8, 4) is 0 Å². The molecule has 2 rings (SSSR count). The molecule has 0 aromatic heterocycles. The lowest BCUT2D eigenvalue weighted by molar-refractivity contribution is -0.384. The van der Waals surface area contributed by atoms with Crippen LogP contribution < -0.4 is 4.90 Å². The molecular formula is C12H16N2O2S. The molecule has 17 heavy (non-hydrogen) atoms. The zero-order valence-electron chi connectivity index (χ0n) is 9.83. The summed E-state index contributed by atoms with van der Waals surface area (Å²) in [6.07, 6.45) is 4.33. The van der Waals surface area contributed by atoms with Crippen molar-refractivity contribution in [2.75, 3.05) is 23.5 Å². The highest BCUT2D eigenvalue weighted by Crippen LogP contribution is 2.33. The van der Waals surface area contributed by atoms with Crippen LogP contribution in [0.2, 0.25) is 0 Å². The standard InChI is InChI=1S/C12H16N2O2S/c1-17-9-10-5-4-8-13(10)11-6-2-3-7-12(11)14(15)16/h2-3,6-7,10H,4-5,8-9H2,1H3. The molecule has 1 aromatic carbocycles. The predicted octanol–water partition coefficient (Wildman–Crippen LogP) is 2.93. The summed E-state index contributed by atoms with van der Waals surface area (Å²) in [6, 6.07) is 7.48. The molecule has 1 atom stereocenters. The van der Waals surface area contributed by atoms with Gasteiger partial charge in [-0.3, -0.25) is 10.1 Å². The maximum atomic E-state index is 11.0. The van der Waals surface area contributed by atoms with E-state index in [1.165, 1.54) is 0 Å². The quantitative estimate of drug-likeness (QED) is 0.610. The van der Waals surface area contributed by atoms with E-state index in [1.807, 2.05) is 12.1 Å². The maximum absolute atomic E-state index is 11.0. The number of para-hydroxylation sites is 2. The predicted molar refractivity (Wildman–Crippen MR) is 71.8 cm³/mol. The van der Waals surface area contributed by atoms with Crippen LogP contribution in [0, 0.1) is 10.1 Å². The van der Waals surface area contributed by atoms with Gasteiger partial charge in [0, 0.05) is 24.4 Å². The number of benzene rings is 1. The van der Waals surface area contributed by atoms with E-state index < -0.39 is 0 Å². The van der Waals surface area contributed by atoms with Gasteiger partial charge in [0.05, 0.1) is 4.92 Å². The molecule has 5 heteroatoms. The van der Waals surface area contributed by atoms with Gasteiger partial charge in [0.15, 0.2) is 0 Å². The largest absolute Gasteiger partial charge is 0.362 e. The van der Waals surface area contributed by atoms with Gasteiger partial charge >= 0.3 is 0 Å². The minimum Gasteiger partial charge on any atom is -0.362 e.